The molecule has 1 saturated heterocycles. The first-order chi connectivity index (χ1) is 14.5. The SMILES string of the molecule is CCOC(=O)C1CN(C(=O)N(CCN)Cc2ccc(Cl)cc2)CC1c1ccccc1. The van der Waals surface area contributed by atoms with Crippen LogP contribution in [0.1, 0.15) is 24.0 Å². The highest BCUT2D eigenvalue weighted by Crippen LogP contribution is 2.34. The van der Waals surface area contributed by atoms with Gasteiger partial charge in [0, 0.05) is 43.7 Å². The van der Waals surface area contributed by atoms with E-state index in [1.54, 1.807) is 28.9 Å². The lowest BCUT2D eigenvalue weighted by molar-refractivity contribution is -0.147. The Morgan fingerprint density at radius 2 is 1.83 bits per heavy atom. The number of amides is 2. The zero-order chi connectivity index (χ0) is 21.5. The van der Waals surface area contributed by atoms with Crippen molar-refractivity contribution in [1.82, 2.24) is 9.80 Å². The average molecular weight is 430 g/mol. The maximum atomic E-state index is 13.3. The number of halogens is 1. The Labute approximate surface area is 182 Å². The van der Waals surface area contributed by atoms with Gasteiger partial charge in [0.15, 0.2) is 0 Å². The van der Waals surface area contributed by atoms with Crippen molar-refractivity contribution in [2.75, 3.05) is 32.8 Å². The van der Waals surface area contributed by atoms with Crippen LogP contribution in [0.15, 0.2) is 54.6 Å². The number of hydrogen-bond donors (Lipinski definition) is 1. The first kappa shape index (κ1) is 22.1. The Bertz CT molecular complexity index is 845. The van der Waals surface area contributed by atoms with Gasteiger partial charge in [-0.3, -0.25) is 4.79 Å². The topological polar surface area (TPSA) is 75.9 Å². The van der Waals surface area contributed by atoms with Gasteiger partial charge in [0.2, 0.25) is 0 Å². The lowest BCUT2D eigenvalue weighted by Gasteiger charge is -2.28. The zero-order valence-electron chi connectivity index (χ0n) is 17.2. The summed E-state index contributed by atoms with van der Waals surface area (Å²) in [5, 5.41) is 0.651. The fourth-order valence-corrected chi connectivity index (χ4v) is 4.02. The number of urea groups is 1. The highest BCUT2D eigenvalue weighted by atomic mass is 35.5. The first-order valence-electron chi connectivity index (χ1n) is 10.2. The van der Waals surface area contributed by atoms with E-state index in [0.29, 0.717) is 44.4 Å². The third-order valence-corrected chi connectivity index (χ3v) is 5.62. The minimum absolute atomic E-state index is 0.0931. The Balaban J connectivity index is 1.78. The van der Waals surface area contributed by atoms with E-state index in [1.165, 1.54) is 0 Å². The van der Waals surface area contributed by atoms with Gasteiger partial charge in [0.25, 0.3) is 0 Å². The highest BCUT2D eigenvalue weighted by molar-refractivity contribution is 6.30. The molecule has 7 heteroatoms. The molecule has 2 aromatic carbocycles. The van der Waals surface area contributed by atoms with Crippen LogP contribution in [-0.2, 0) is 16.1 Å². The molecule has 2 unspecified atom stereocenters. The summed E-state index contributed by atoms with van der Waals surface area (Å²) in [4.78, 5) is 29.4. The third kappa shape index (κ3) is 5.32. The molecular formula is C23H28ClN3O3. The van der Waals surface area contributed by atoms with Crippen LogP contribution in [0.4, 0.5) is 4.79 Å². The van der Waals surface area contributed by atoms with Gasteiger partial charge in [0.1, 0.15) is 0 Å². The summed E-state index contributed by atoms with van der Waals surface area (Å²) in [6.07, 6.45) is 0. The predicted molar refractivity (Wildman–Crippen MR) is 117 cm³/mol. The molecule has 2 N–H and O–H groups in total. The molecule has 1 fully saturated rings. The van der Waals surface area contributed by atoms with Gasteiger partial charge in [-0.25, -0.2) is 4.79 Å². The Kier molecular flexibility index (Phi) is 7.71. The molecule has 0 bridgehead atoms. The minimum Gasteiger partial charge on any atom is -0.466 e. The van der Waals surface area contributed by atoms with E-state index in [2.05, 4.69) is 0 Å². The van der Waals surface area contributed by atoms with Crippen molar-refractivity contribution in [2.45, 2.75) is 19.4 Å². The minimum atomic E-state index is -0.383. The second kappa shape index (κ2) is 10.5. The number of ether oxygens (including phenoxy) is 1. The molecule has 0 saturated carbocycles. The fourth-order valence-electron chi connectivity index (χ4n) is 3.89. The van der Waals surface area contributed by atoms with Crippen molar-refractivity contribution in [2.24, 2.45) is 11.7 Å². The quantitative estimate of drug-likeness (QED) is 0.683. The number of benzene rings is 2. The Morgan fingerprint density at radius 3 is 2.47 bits per heavy atom. The van der Waals surface area contributed by atoms with E-state index in [0.717, 1.165) is 11.1 Å². The number of rotatable bonds is 7. The van der Waals surface area contributed by atoms with Gasteiger partial charge in [-0.2, -0.15) is 0 Å². The zero-order valence-corrected chi connectivity index (χ0v) is 17.9. The van der Waals surface area contributed by atoms with Crippen molar-refractivity contribution in [3.8, 4) is 0 Å². The molecule has 30 heavy (non-hydrogen) atoms. The van der Waals surface area contributed by atoms with E-state index >= 15 is 0 Å². The molecule has 0 spiro atoms. The molecule has 2 aromatic rings. The molecule has 0 aliphatic carbocycles. The summed E-state index contributed by atoms with van der Waals surface area (Å²) < 4.78 is 5.30. The molecular weight excluding hydrogens is 402 g/mol. The first-order valence-corrected chi connectivity index (χ1v) is 10.6. The summed E-state index contributed by atoms with van der Waals surface area (Å²) in [5.41, 5.74) is 7.78. The van der Waals surface area contributed by atoms with Crippen molar-refractivity contribution in [3.63, 3.8) is 0 Å². The number of hydrogen-bond acceptors (Lipinski definition) is 4. The molecule has 6 nitrogen and oxygen atoms in total. The van der Waals surface area contributed by atoms with Crippen LogP contribution in [0.2, 0.25) is 5.02 Å². The van der Waals surface area contributed by atoms with Gasteiger partial charge < -0.3 is 20.3 Å². The molecule has 0 aromatic heterocycles. The number of carbonyl (C=O) groups is 2. The molecule has 1 aliphatic heterocycles. The van der Waals surface area contributed by atoms with E-state index in [9.17, 15) is 9.59 Å². The molecule has 2 amide bonds. The molecule has 1 heterocycles. The van der Waals surface area contributed by atoms with E-state index in [-0.39, 0.29) is 23.8 Å². The van der Waals surface area contributed by atoms with Crippen molar-refractivity contribution < 1.29 is 14.3 Å². The average Bonchev–Trinajstić information content (AvgIpc) is 3.21. The summed E-state index contributed by atoms with van der Waals surface area (Å²) >= 11 is 5.97. The molecule has 2 atom stereocenters. The lowest BCUT2D eigenvalue weighted by atomic mass is 9.89. The summed E-state index contributed by atoms with van der Waals surface area (Å²) in [5.74, 6) is -0.735. The van der Waals surface area contributed by atoms with Crippen LogP contribution in [0.25, 0.3) is 0 Å². The number of carbonyl (C=O) groups excluding carboxylic acids is 2. The standard InChI is InChI=1S/C23H28ClN3O3/c1-2-30-22(28)21-16-27(15-20(21)18-6-4-3-5-7-18)23(29)26(13-12-25)14-17-8-10-19(24)11-9-17/h3-11,20-21H,2,12-16,25H2,1H3. The van der Waals surface area contributed by atoms with E-state index in [4.69, 9.17) is 22.1 Å². The summed E-state index contributed by atoms with van der Waals surface area (Å²) in [7, 11) is 0. The van der Waals surface area contributed by atoms with Crippen LogP contribution in [0, 0.1) is 5.92 Å². The number of nitrogens with two attached hydrogens (primary N) is 1. The lowest BCUT2D eigenvalue weighted by Crippen LogP contribution is -2.44. The molecule has 1 aliphatic rings. The van der Waals surface area contributed by atoms with E-state index < -0.39 is 0 Å². The maximum absolute atomic E-state index is 13.3. The van der Waals surface area contributed by atoms with Crippen LogP contribution < -0.4 is 5.73 Å². The normalized spacial score (nSPS) is 18.3. The second-order valence-electron chi connectivity index (χ2n) is 7.40. The smallest absolute Gasteiger partial charge is 0.320 e. The van der Waals surface area contributed by atoms with Gasteiger partial charge in [-0.05, 0) is 30.2 Å². The summed E-state index contributed by atoms with van der Waals surface area (Å²) in [6, 6.07) is 17.1. The van der Waals surface area contributed by atoms with Crippen LogP contribution in [-0.4, -0.2) is 54.6 Å². The van der Waals surface area contributed by atoms with Crippen LogP contribution in [0.5, 0.6) is 0 Å². The van der Waals surface area contributed by atoms with Crippen LogP contribution in [0.3, 0.4) is 0 Å². The summed E-state index contributed by atoms with van der Waals surface area (Å²) in [6.45, 7) is 4.13. The largest absolute Gasteiger partial charge is 0.466 e. The van der Waals surface area contributed by atoms with E-state index in [1.807, 2.05) is 42.5 Å². The number of nitrogens with zero attached hydrogens (tertiary/aromatic N) is 2. The third-order valence-electron chi connectivity index (χ3n) is 5.36. The van der Waals surface area contributed by atoms with Gasteiger partial charge in [0.05, 0.1) is 12.5 Å². The van der Waals surface area contributed by atoms with Crippen molar-refractivity contribution in [3.05, 3.63) is 70.7 Å². The second-order valence-corrected chi connectivity index (χ2v) is 7.84. The van der Waals surface area contributed by atoms with Crippen molar-refractivity contribution in [1.29, 1.82) is 0 Å². The molecule has 0 radical (unpaired) electrons. The monoisotopic (exact) mass is 429 g/mol. The maximum Gasteiger partial charge on any atom is 0.320 e. The van der Waals surface area contributed by atoms with Crippen LogP contribution >= 0.6 is 11.6 Å². The highest BCUT2D eigenvalue weighted by Gasteiger charge is 2.42. The van der Waals surface area contributed by atoms with Crippen molar-refractivity contribution >= 4 is 23.6 Å². The fraction of sp³-hybridized carbons (Fsp3) is 0.391. The van der Waals surface area contributed by atoms with Gasteiger partial charge in [-0.15, -0.1) is 0 Å². The van der Waals surface area contributed by atoms with Gasteiger partial charge >= 0.3 is 12.0 Å². The number of esters is 1. The molecule has 3 rings (SSSR count). The molecule has 160 valence electrons. The Morgan fingerprint density at radius 1 is 1.13 bits per heavy atom. The predicted octanol–water partition coefficient (Wildman–Crippen LogP) is 3.50. The Hall–Kier alpha value is -2.57. The number of likely N-dealkylation sites (tertiary alicyclic amines) is 1. The van der Waals surface area contributed by atoms with Gasteiger partial charge in [-0.1, -0.05) is 54.1 Å².